The molecule has 14 heavy (non-hydrogen) atoms. The van der Waals surface area contributed by atoms with Crippen LogP contribution in [-0.2, 0) is 0 Å². The van der Waals surface area contributed by atoms with Gasteiger partial charge in [-0.2, -0.15) is 0 Å². The molecule has 0 unspecified atom stereocenters. The van der Waals surface area contributed by atoms with Crippen LogP contribution < -0.4 is 11.1 Å². The van der Waals surface area contributed by atoms with Crippen LogP contribution >= 0.6 is 0 Å². The minimum Gasteiger partial charge on any atom is -0.383 e. The first-order chi connectivity index (χ1) is 6.77. The maximum Gasteiger partial charge on any atom is 0.256 e. The zero-order chi connectivity index (χ0) is 9.97. The van der Waals surface area contributed by atoms with Crippen molar-refractivity contribution >= 4 is 11.7 Å². The second-order valence-corrected chi connectivity index (χ2v) is 3.42. The van der Waals surface area contributed by atoms with E-state index in [9.17, 15) is 4.79 Å². The van der Waals surface area contributed by atoms with Crippen LogP contribution in [0.1, 0.15) is 29.6 Å². The van der Waals surface area contributed by atoms with Gasteiger partial charge in [0.25, 0.3) is 5.91 Å². The van der Waals surface area contributed by atoms with Crippen LogP contribution in [0.5, 0.6) is 0 Å². The number of hydrogen-bond acceptors (Lipinski definition) is 4. The maximum atomic E-state index is 11.6. The van der Waals surface area contributed by atoms with Crippen molar-refractivity contribution in [2.45, 2.75) is 25.3 Å². The highest BCUT2D eigenvalue weighted by Gasteiger charge is 2.21. The quantitative estimate of drug-likeness (QED) is 0.708. The van der Waals surface area contributed by atoms with Crippen molar-refractivity contribution in [2.75, 3.05) is 5.73 Å². The molecule has 0 bridgehead atoms. The summed E-state index contributed by atoms with van der Waals surface area (Å²) in [7, 11) is 0. The van der Waals surface area contributed by atoms with Crippen LogP contribution in [0.3, 0.4) is 0 Å². The number of carbonyl (C=O) groups is 1. The van der Waals surface area contributed by atoms with Gasteiger partial charge >= 0.3 is 0 Å². The summed E-state index contributed by atoms with van der Waals surface area (Å²) in [6, 6.07) is 0.308. The van der Waals surface area contributed by atoms with E-state index >= 15 is 0 Å². The summed E-state index contributed by atoms with van der Waals surface area (Å²) < 4.78 is 0. The minimum absolute atomic E-state index is 0.173. The summed E-state index contributed by atoms with van der Waals surface area (Å²) in [4.78, 5) is 19.1. The summed E-state index contributed by atoms with van der Waals surface area (Å²) in [5.74, 6) is 0.0598. The van der Waals surface area contributed by atoms with Crippen LogP contribution in [0.2, 0.25) is 0 Å². The topological polar surface area (TPSA) is 80.9 Å². The van der Waals surface area contributed by atoms with Gasteiger partial charge in [0.05, 0.1) is 5.56 Å². The van der Waals surface area contributed by atoms with E-state index in [2.05, 4.69) is 15.3 Å². The van der Waals surface area contributed by atoms with Crippen LogP contribution in [0.4, 0.5) is 5.82 Å². The first-order valence-corrected chi connectivity index (χ1v) is 4.63. The molecule has 1 amide bonds. The second kappa shape index (κ2) is 3.61. The van der Waals surface area contributed by atoms with Gasteiger partial charge in [0.2, 0.25) is 0 Å². The lowest BCUT2D eigenvalue weighted by atomic mass is 9.93. The largest absolute Gasteiger partial charge is 0.383 e. The summed E-state index contributed by atoms with van der Waals surface area (Å²) in [6.07, 6.45) is 6.07. The van der Waals surface area contributed by atoms with Crippen LogP contribution in [-0.4, -0.2) is 21.9 Å². The Balaban J connectivity index is 2.06. The number of anilines is 1. The molecule has 0 spiro atoms. The number of carbonyl (C=O) groups excluding carboxylic acids is 1. The van der Waals surface area contributed by atoms with Gasteiger partial charge < -0.3 is 11.1 Å². The maximum absolute atomic E-state index is 11.6. The molecule has 1 heterocycles. The van der Waals surface area contributed by atoms with E-state index in [0.717, 1.165) is 12.8 Å². The summed E-state index contributed by atoms with van der Waals surface area (Å²) >= 11 is 0. The van der Waals surface area contributed by atoms with Crippen molar-refractivity contribution in [1.82, 2.24) is 15.3 Å². The number of nitrogens with two attached hydrogens (primary N) is 1. The predicted octanol–water partition coefficient (Wildman–Crippen LogP) is 0.341. The Labute approximate surface area is 81.7 Å². The molecule has 1 aromatic heterocycles. The molecule has 1 aliphatic rings. The molecule has 1 aliphatic carbocycles. The van der Waals surface area contributed by atoms with Gasteiger partial charge in [-0.05, 0) is 19.3 Å². The number of aromatic nitrogens is 2. The Kier molecular flexibility index (Phi) is 2.30. The van der Waals surface area contributed by atoms with Crippen molar-refractivity contribution in [3.63, 3.8) is 0 Å². The van der Waals surface area contributed by atoms with E-state index in [0.29, 0.717) is 11.6 Å². The SMILES string of the molecule is Nc1ncncc1C(=O)NC1CCC1. The highest BCUT2D eigenvalue weighted by molar-refractivity contribution is 5.98. The lowest BCUT2D eigenvalue weighted by molar-refractivity contribution is 0.0917. The Hall–Kier alpha value is -1.65. The molecule has 3 N–H and O–H groups in total. The van der Waals surface area contributed by atoms with Crippen LogP contribution in [0.25, 0.3) is 0 Å². The third kappa shape index (κ3) is 1.66. The smallest absolute Gasteiger partial charge is 0.256 e. The number of amides is 1. The molecule has 0 aliphatic heterocycles. The van der Waals surface area contributed by atoms with Gasteiger partial charge in [0.1, 0.15) is 12.1 Å². The molecular formula is C9H12N4O. The van der Waals surface area contributed by atoms with Gasteiger partial charge in [0, 0.05) is 12.2 Å². The summed E-state index contributed by atoms with van der Waals surface area (Å²) in [5, 5.41) is 2.87. The van der Waals surface area contributed by atoms with E-state index in [-0.39, 0.29) is 11.7 Å². The zero-order valence-corrected chi connectivity index (χ0v) is 7.73. The normalized spacial score (nSPS) is 16.0. The third-order valence-corrected chi connectivity index (χ3v) is 2.43. The van der Waals surface area contributed by atoms with Crippen molar-refractivity contribution in [2.24, 2.45) is 0 Å². The molecule has 0 radical (unpaired) electrons. The van der Waals surface area contributed by atoms with Gasteiger partial charge in [-0.25, -0.2) is 9.97 Å². The molecule has 0 saturated heterocycles. The standard InChI is InChI=1S/C9H12N4O/c10-8-7(4-11-5-12-8)9(14)13-6-2-1-3-6/h4-6H,1-3H2,(H,13,14)(H2,10,11,12). The molecule has 1 saturated carbocycles. The Morgan fingerprint density at radius 2 is 2.36 bits per heavy atom. The van der Waals surface area contributed by atoms with Crippen molar-refractivity contribution in [3.05, 3.63) is 18.1 Å². The summed E-state index contributed by atoms with van der Waals surface area (Å²) in [6.45, 7) is 0. The van der Waals surface area contributed by atoms with Gasteiger partial charge in [0.15, 0.2) is 0 Å². The molecule has 0 aromatic carbocycles. The second-order valence-electron chi connectivity index (χ2n) is 3.42. The first-order valence-electron chi connectivity index (χ1n) is 4.63. The van der Waals surface area contributed by atoms with Gasteiger partial charge in [-0.1, -0.05) is 0 Å². The van der Waals surface area contributed by atoms with E-state index < -0.39 is 0 Å². The van der Waals surface area contributed by atoms with Crippen molar-refractivity contribution < 1.29 is 4.79 Å². The lowest BCUT2D eigenvalue weighted by Crippen LogP contribution is -2.39. The number of nitrogen functional groups attached to an aromatic ring is 1. The van der Waals surface area contributed by atoms with Crippen LogP contribution in [0, 0.1) is 0 Å². The predicted molar refractivity (Wildman–Crippen MR) is 51.5 cm³/mol. The molecule has 0 atom stereocenters. The average Bonchev–Trinajstić information content (AvgIpc) is 2.12. The minimum atomic E-state index is -0.173. The number of nitrogens with one attached hydrogen (secondary N) is 1. The molecule has 1 fully saturated rings. The fraction of sp³-hybridized carbons (Fsp3) is 0.444. The monoisotopic (exact) mass is 192 g/mol. The van der Waals surface area contributed by atoms with Crippen LogP contribution in [0.15, 0.2) is 12.5 Å². The van der Waals surface area contributed by atoms with Gasteiger partial charge in [-0.15, -0.1) is 0 Å². The Morgan fingerprint density at radius 3 is 2.93 bits per heavy atom. The van der Waals surface area contributed by atoms with E-state index in [4.69, 9.17) is 5.73 Å². The first kappa shape index (κ1) is 8.93. The molecule has 1 aromatic rings. The highest BCUT2D eigenvalue weighted by Crippen LogP contribution is 2.18. The van der Waals surface area contributed by atoms with E-state index in [1.807, 2.05) is 0 Å². The fourth-order valence-electron chi connectivity index (χ4n) is 1.33. The molecular weight excluding hydrogens is 180 g/mol. The van der Waals surface area contributed by atoms with E-state index in [1.54, 1.807) is 0 Å². The molecule has 5 heteroatoms. The molecule has 2 rings (SSSR count). The fourth-order valence-corrected chi connectivity index (χ4v) is 1.33. The Bertz CT molecular complexity index is 348. The molecule has 74 valence electrons. The average molecular weight is 192 g/mol. The number of rotatable bonds is 2. The highest BCUT2D eigenvalue weighted by atomic mass is 16.1. The third-order valence-electron chi connectivity index (χ3n) is 2.43. The number of hydrogen-bond donors (Lipinski definition) is 2. The number of nitrogens with zero attached hydrogens (tertiary/aromatic N) is 2. The van der Waals surface area contributed by atoms with Crippen molar-refractivity contribution in [3.8, 4) is 0 Å². The van der Waals surface area contributed by atoms with E-state index in [1.165, 1.54) is 18.9 Å². The Morgan fingerprint density at radius 1 is 1.57 bits per heavy atom. The van der Waals surface area contributed by atoms with Gasteiger partial charge in [-0.3, -0.25) is 4.79 Å². The lowest BCUT2D eigenvalue weighted by Gasteiger charge is -2.26. The zero-order valence-electron chi connectivity index (χ0n) is 7.73. The van der Waals surface area contributed by atoms with Crippen molar-refractivity contribution in [1.29, 1.82) is 0 Å². The summed E-state index contributed by atoms with van der Waals surface area (Å²) in [5.41, 5.74) is 5.91. The molecule has 5 nitrogen and oxygen atoms in total.